The number of aliphatic hydroxyl groups is 2. The molecule has 8 atom stereocenters. The molecule has 39 heavy (non-hydrogen) atoms. The summed E-state index contributed by atoms with van der Waals surface area (Å²) in [6, 6.07) is 0. The second-order valence-corrected chi connectivity index (χ2v) is 11.5. The summed E-state index contributed by atoms with van der Waals surface area (Å²) in [6.07, 6.45) is 9.91. The van der Waals surface area contributed by atoms with Crippen molar-refractivity contribution in [1.29, 1.82) is 0 Å². The molecule has 0 radical (unpaired) electrons. The summed E-state index contributed by atoms with van der Waals surface area (Å²) in [5.74, 6) is -0.920. The van der Waals surface area contributed by atoms with Gasteiger partial charge in [-0.1, -0.05) is 42.4 Å². The van der Waals surface area contributed by atoms with E-state index >= 15 is 0 Å². The number of carbonyl (C=O) groups excluding carboxylic acids is 2. The number of ether oxygens (including phenoxy) is 5. The lowest BCUT2D eigenvalue weighted by Gasteiger charge is -2.58. The highest BCUT2D eigenvalue weighted by atomic mass is 16.6. The summed E-state index contributed by atoms with van der Waals surface area (Å²) in [5, 5.41) is 21.2. The number of allylic oxidation sites excluding steroid dienone is 3. The monoisotopic (exact) mass is 546 g/mol. The molecule has 2 N–H and O–H groups in total. The fourth-order valence-corrected chi connectivity index (χ4v) is 6.60. The van der Waals surface area contributed by atoms with Crippen molar-refractivity contribution in [2.24, 2.45) is 10.8 Å². The van der Waals surface area contributed by atoms with E-state index < -0.39 is 46.7 Å². The third-order valence-electron chi connectivity index (χ3n) is 9.21. The molecule has 2 heterocycles. The van der Waals surface area contributed by atoms with Gasteiger partial charge in [0, 0.05) is 29.4 Å². The van der Waals surface area contributed by atoms with Crippen molar-refractivity contribution < 1.29 is 43.5 Å². The number of aliphatic hydroxyl groups excluding tert-OH is 2. The Morgan fingerprint density at radius 3 is 2.69 bits per heavy atom. The second-order valence-electron chi connectivity index (χ2n) is 11.5. The van der Waals surface area contributed by atoms with E-state index in [0.29, 0.717) is 19.4 Å². The van der Waals surface area contributed by atoms with Crippen molar-refractivity contribution in [3.05, 3.63) is 47.6 Å². The molecule has 9 heteroatoms. The maximum absolute atomic E-state index is 12.9. The number of fused-ring (bicyclic) bond motifs is 2. The van der Waals surface area contributed by atoms with Crippen LogP contribution >= 0.6 is 0 Å². The lowest BCUT2D eigenvalue weighted by molar-refractivity contribution is -0.229. The van der Waals surface area contributed by atoms with E-state index in [4.69, 9.17) is 18.9 Å². The smallest absolute Gasteiger partial charge is 0.330 e. The Bertz CT molecular complexity index is 1050. The summed E-state index contributed by atoms with van der Waals surface area (Å²) < 4.78 is 28.6. The van der Waals surface area contributed by atoms with Gasteiger partial charge in [-0.25, -0.2) is 9.59 Å². The summed E-state index contributed by atoms with van der Waals surface area (Å²) in [4.78, 5) is 24.0. The Morgan fingerprint density at radius 2 is 2.03 bits per heavy atom. The summed E-state index contributed by atoms with van der Waals surface area (Å²) in [7, 11) is 1.30. The van der Waals surface area contributed by atoms with Gasteiger partial charge in [-0.2, -0.15) is 0 Å². The molecule has 1 spiro atoms. The predicted octanol–water partition coefficient (Wildman–Crippen LogP) is 2.95. The SMILES string of the molecule is COC(=O)C=CC=CC(OCCC(C)=CC(=O)OCC12CCC(C)=CC1OC1CC(O)C2(C)C12CO2)C(C)O. The minimum absolute atomic E-state index is 0.139. The van der Waals surface area contributed by atoms with Gasteiger partial charge in [-0.15, -0.1) is 0 Å². The average Bonchev–Trinajstić information content (AvgIpc) is 3.67. The number of methoxy groups -OCH3 is 1. The van der Waals surface area contributed by atoms with Crippen LogP contribution < -0.4 is 0 Å². The van der Waals surface area contributed by atoms with Crippen LogP contribution in [0.2, 0.25) is 0 Å². The number of epoxide rings is 1. The Kier molecular flexibility index (Phi) is 8.88. The molecule has 4 rings (SSSR count). The van der Waals surface area contributed by atoms with E-state index in [1.807, 2.05) is 6.92 Å². The molecule has 2 bridgehead atoms. The molecule has 4 aliphatic rings. The molecule has 0 aromatic carbocycles. The largest absolute Gasteiger partial charge is 0.466 e. The van der Waals surface area contributed by atoms with Crippen LogP contribution in [0.15, 0.2) is 47.6 Å². The summed E-state index contributed by atoms with van der Waals surface area (Å²) >= 11 is 0. The topological polar surface area (TPSA) is 124 Å². The maximum atomic E-state index is 12.9. The number of hydrogen-bond donors (Lipinski definition) is 2. The molecule has 216 valence electrons. The first kappa shape index (κ1) is 29.7. The average molecular weight is 547 g/mol. The third kappa shape index (κ3) is 5.52. The zero-order valence-electron chi connectivity index (χ0n) is 23.6. The summed E-state index contributed by atoms with van der Waals surface area (Å²) in [5.41, 5.74) is 0.359. The van der Waals surface area contributed by atoms with E-state index in [1.165, 1.54) is 30.9 Å². The van der Waals surface area contributed by atoms with Crippen LogP contribution in [-0.4, -0.2) is 85.2 Å². The van der Waals surface area contributed by atoms with E-state index in [9.17, 15) is 19.8 Å². The van der Waals surface area contributed by atoms with Crippen LogP contribution in [-0.2, 0) is 33.3 Å². The second kappa shape index (κ2) is 11.7. The Morgan fingerprint density at radius 1 is 1.28 bits per heavy atom. The highest BCUT2D eigenvalue weighted by Gasteiger charge is 2.81. The van der Waals surface area contributed by atoms with E-state index in [-0.39, 0.29) is 25.4 Å². The zero-order chi connectivity index (χ0) is 28.4. The van der Waals surface area contributed by atoms with E-state index in [1.54, 1.807) is 19.1 Å². The van der Waals surface area contributed by atoms with Crippen molar-refractivity contribution in [2.75, 3.05) is 26.9 Å². The number of hydrogen-bond acceptors (Lipinski definition) is 9. The number of rotatable bonds is 11. The molecule has 0 amide bonds. The number of esters is 2. The van der Waals surface area contributed by atoms with Crippen molar-refractivity contribution in [3.63, 3.8) is 0 Å². The van der Waals surface area contributed by atoms with Crippen LogP contribution in [0.5, 0.6) is 0 Å². The zero-order valence-corrected chi connectivity index (χ0v) is 23.6. The van der Waals surface area contributed by atoms with Crippen LogP contribution in [0, 0.1) is 10.8 Å². The van der Waals surface area contributed by atoms with Gasteiger partial charge in [0.25, 0.3) is 0 Å². The standard InChI is InChI=1S/C30H42O9/c1-19-10-12-29(24(14-19)39-25-16-23(32)28(29,4)30(25)18-38-30)17-37-27(34)15-20(2)11-13-36-22(21(3)31)8-6-7-9-26(33)35-5/h6-9,14-15,21-25,31-32H,10-13,16-18H2,1-5H3. The predicted molar refractivity (Wildman–Crippen MR) is 143 cm³/mol. The minimum atomic E-state index is -0.759. The quantitative estimate of drug-likeness (QED) is 0.132. The van der Waals surface area contributed by atoms with Gasteiger partial charge in [0.2, 0.25) is 0 Å². The molecule has 0 aromatic rings. The van der Waals surface area contributed by atoms with Crippen LogP contribution in [0.3, 0.4) is 0 Å². The van der Waals surface area contributed by atoms with Gasteiger partial charge < -0.3 is 33.9 Å². The molecule has 1 saturated carbocycles. The summed E-state index contributed by atoms with van der Waals surface area (Å²) in [6.45, 7) is 8.59. The lowest BCUT2D eigenvalue weighted by atomic mass is 9.51. The minimum Gasteiger partial charge on any atom is -0.466 e. The molecule has 0 aromatic heterocycles. The van der Waals surface area contributed by atoms with Gasteiger partial charge in [0.1, 0.15) is 18.3 Å². The Labute approximate surface area is 230 Å². The van der Waals surface area contributed by atoms with Crippen molar-refractivity contribution in [3.8, 4) is 0 Å². The molecule has 9 nitrogen and oxygen atoms in total. The number of carbonyl (C=O) groups is 2. The highest BCUT2D eigenvalue weighted by Crippen LogP contribution is 2.71. The van der Waals surface area contributed by atoms with Gasteiger partial charge in [0.15, 0.2) is 0 Å². The fraction of sp³-hybridized carbons (Fsp3) is 0.667. The Balaban J connectivity index is 1.35. The Hall–Kier alpha value is -2.30. The molecular formula is C30H42O9. The fourth-order valence-electron chi connectivity index (χ4n) is 6.60. The van der Waals surface area contributed by atoms with E-state index in [0.717, 1.165) is 18.4 Å². The van der Waals surface area contributed by atoms with Crippen molar-refractivity contribution >= 4 is 11.9 Å². The van der Waals surface area contributed by atoms with Crippen LogP contribution in [0.4, 0.5) is 0 Å². The lowest BCUT2D eigenvalue weighted by Crippen LogP contribution is -2.66. The van der Waals surface area contributed by atoms with Crippen LogP contribution in [0.25, 0.3) is 0 Å². The molecule has 2 aliphatic carbocycles. The van der Waals surface area contributed by atoms with E-state index in [2.05, 4.69) is 24.7 Å². The maximum Gasteiger partial charge on any atom is 0.330 e. The molecule has 3 fully saturated rings. The van der Waals surface area contributed by atoms with Gasteiger partial charge >= 0.3 is 11.9 Å². The molecule has 2 aliphatic heterocycles. The molecule has 8 unspecified atom stereocenters. The molecule has 2 saturated heterocycles. The molecular weight excluding hydrogens is 504 g/mol. The first-order valence-electron chi connectivity index (χ1n) is 13.7. The van der Waals surface area contributed by atoms with Crippen LogP contribution in [0.1, 0.15) is 53.4 Å². The van der Waals surface area contributed by atoms with Crippen molar-refractivity contribution in [1.82, 2.24) is 0 Å². The highest BCUT2D eigenvalue weighted by molar-refractivity contribution is 5.82. The first-order valence-corrected chi connectivity index (χ1v) is 13.7. The van der Waals surface area contributed by atoms with Crippen molar-refractivity contribution in [2.45, 2.75) is 89.5 Å². The third-order valence-corrected chi connectivity index (χ3v) is 9.21. The van der Waals surface area contributed by atoms with Gasteiger partial charge in [-0.05, 0) is 40.0 Å². The van der Waals surface area contributed by atoms with Gasteiger partial charge in [-0.3, -0.25) is 0 Å². The van der Waals surface area contributed by atoms with Gasteiger partial charge in [0.05, 0.1) is 44.7 Å². The first-order chi connectivity index (χ1) is 18.5. The normalized spacial score (nSPS) is 37.1.